The second kappa shape index (κ2) is 7.57. The predicted molar refractivity (Wildman–Crippen MR) is 80.5 cm³/mol. The molecule has 144 valence electrons. The summed E-state index contributed by atoms with van der Waals surface area (Å²) in [4.78, 5) is 0. The molecule has 0 spiro atoms. The Morgan fingerprint density at radius 1 is 1.12 bits per heavy atom. The molecule has 0 saturated carbocycles. The van der Waals surface area contributed by atoms with E-state index in [0.29, 0.717) is 25.8 Å². The molecule has 2 rings (SSSR count). The van der Waals surface area contributed by atoms with Gasteiger partial charge in [-0.3, -0.25) is 0 Å². The zero-order valence-corrected chi connectivity index (χ0v) is 14.2. The first-order valence-electron chi connectivity index (χ1n) is 8.16. The van der Waals surface area contributed by atoms with E-state index < -0.39 is 29.4 Å². The third-order valence-corrected chi connectivity index (χ3v) is 4.54. The lowest BCUT2D eigenvalue weighted by molar-refractivity contribution is -0.162. The molecule has 1 aromatic rings. The van der Waals surface area contributed by atoms with Crippen molar-refractivity contribution in [3.8, 4) is 0 Å². The molecule has 0 amide bonds. The van der Waals surface area contributed by atoms with E-state index in [1.165, 1.54) is 11.7 Å². The second-order valence-electron chi connectivity index (χ2n) is 6.26. The first-order chi connectivity index (χ1) is 11.6. The van der Waals surface area contributed by atoms with E-state index in [9.17, 15) is 26.3 Å². The van der Waals surface area contributed by atoms with Crippen LogP contribution in [0.2, 0.25) is 0 Å². The van der Waals surface area contributed by atoms with Crippen LogP contribution >= 0.6 is 0 Å². The maximum atomic E-state index is 13.6. The molecule has 1 aromatic heterocycles. The number of nitrogens with zero attached hydrogens (tertiary/aromatic N) is 1. The molecule has 0 unspecified atom stereocenters. The number of methoxy groups -OCH3 is 1. The third kappa shape index (κ3) is 4.31. The molecule has 0 aliphatic carbocycles. The molecule has 0 bridgehead atoms. The quantitative estimate of drug-likeness (QED) is 0.615. The van der Waals surface area contributed by atoms with E-state index in [-0.39, 0.29) is 31.1 Å². The lowest BCUT2D eigenvalue weighted by Crippen LogP contribution is -2.31. The van der Waals surface area contributed by atoms with Crippen molar-refractivity contribution < 1.29 is 31.1 Å². The molecular weight excluding hydrogens is 350 g/mol. The number of nitrogens with one attached hydrogen (secondary N) is 1. The fourth-order valence-corrected chi connectivity index (χ4v) is 3.56. The van der Waals surface area contributed by atoms with Gasteiger partial charge in [-0.1, -0.05) is 0 Å². The van der Waals surface area contributed by atoms with Crippen molar-refractivity contribution in [2.45, 2.75) is 51.0 Å². The van der Waals surface area contributed by atoms with Gasteiger partial charge in [-0.2, -0.15) is 26.3 Å². The molecule has 0 radical (unpaired) electrons. The average Bonchev–Trinajstić information content (AvgIpc) is 2.82. The maximum Gasteiger partial charge on any atom is 0.418 e. The highest BCUT2D eigenvalue weighted by molar-refractivity contribution is 5.44. The summed E-state index contributed by atoms with van der Waals surface area (Å²) < 4.78 is 87.2. The van der Waals surface area contributed by atoms with E-state index in [1.807, 2.05) is 0 Å². The Balaban J connectivity index is 2.65. The molecule has 25 heavy (non-hydrogen) atoms. The number of rotatable bonds is 5. The van der Waals surface area contributed by atoms with Gasteiger partial charge in [0.25, 0.3) is 0 Å². The third-order valence-electron chi connectivity index (χ3n) is 4.54. The molecule has 1 fully saturated rings. The maximum absolute atomic E-state index is 13.6. The van der Waals surface area contributed by atoms with Crippen molar-refractivity contribution in [3.05, 3.63) is 22.5 Å². The minimum atomic E-state index is -5.06. The molecule has 1 aliphatic rings. The van der Waals surface area contributed by atoms with Crippen molar-refractivity contribution in [1.29, 1.82) is 0 Å². The molecule has 1 N–H and O–H groups in total. The van der Waals surface area contributed by atoms with E-state index in [0.717, 1.165) is 6.92 Å². The SMILES string of the molecule is COCCCn1c(C)c(C(F)(F)F)c(C(F)(F)F)c1[C@@H]1CCCNC1. The Labute approximate surface area is 142 Å². The van der Waals surface area contributed by atoms with Gasteiger partial charge in [0.2, 0.25) is 0 Å². The lowest BCUT2D eigenvalue weighted by atomic mass is 9.92. The van der Waals surface area contributed by atoms with Gasteiger partial charge < -0.3 is 14.6 Å². The van der Waals surface area contributed by atoms with Crippen molar-refractivity contribution in [2.75, 3.05) is 26.8 Å². The first kappa shape index (κ1) is 20.1. The molecule has 0 aromatic carbocycles. The van der Waals surface area contributed by atoms with Crippen LogP contribution in [0.1, 0.15) is 47.7 Å². The summed E-state index contributed by atoms with van der Waals surface area (Å²) in [7, 11) is 1.44. The van der Waals surface area contributed by atoms with E-state index in [2.05, 4.69) is 5.32 Å². The number of hydrogen-bond acceptors (Lipinski definition) is 2. The second-order valence-corrected chi connectivity index (χ2v) is 6.26. The van der Waals surface area contributed by atoms with Crippen molar-refractivity contribution >= 4 is 0 Å². The summed E-state index contributed by atoms with van der Waals surface area (Å²) in [6.07, 6.45) is -8.71. The van der Waals surface area contributed by atoms with E-state index in [4.69, 9.17) is 4.74 Å². The smallest absolute Gasteiger partial charge is 0.385 e. The summed E-state index contributed by atoms with van der Waals surface area (Å²) in [5, 5.41) is 2.99. The van der Waals surface area contributed by atoms with Crippen LogP contribution in [0, 0.1) is 6.92 Å². The summed E-state index contributed by atoms with van der Waals surface area (Å²) in [5.74, 6) is -0.595. The van der Waals surface area contributed by atoms with Crippen LogP contribution in [0.15, 0.2) is 0 Å². The Bertz CT molecular complexity index is 585. The highest BCUT2D eigenvalue weighted by Crippen LogP contribution is 2.48. The lowest BCUT2D eigenvalue weighted by Gasteiger charge is -2.27. The van der Waals surface area contributed by atoms with Crippen LogP contribution in [-0.4, -0.2) is 31.4 Å². The minimum Gasteiger partial charge on any atom is -0.385 e. The van der Waals surface area contributed by atoms with Crippen LogP contribution in [0.5, 0.6) is 0 Å². The summed E-state index contributed by atoms with van der Waals surface area (Å²) >= 11 is 0. The van der Waals surface area contributed by atoms with Crippen LogP contribution in [0.4, 0.5) is 26.3 Å². The van der Waals surface area contributed by atoms with E-state index >= 15 is 0 Å². The van der Waals surface area contributed by atoms with Crippen molar-refractivity contribution in [1.82, 2.24) is 9.88 Å². The van der Waals surface area contributed by atoms with Crippen molar-refractivity contribution in [2.24, 2.45) is 0 Å². The number of halogens is 6. The Hall–Kier alpha value is -1.22. The number of piperidine rings is 1. The highest BCUT2D eigenvalue weighted by Gasteiger charge is 2.50. The monoisotopic (exact) mass is 372 g/mol. The van der Waals surface area contributed by atoms with Crippen molar-refractivity contribution in [3.63, 3.8) is 0 Å². The summed E-state index contributed by atoms with van der Waals surface area (Å²) in [6, 6.07) is 0. The fourth-order valence-electron chi connectivity index (χ4n) is 3.56. The fraction of sp³-hybridized carbons (Fsp3) is 0.750. The molecular formula is C16H22F6N2O. The average molecular weight is 372 g/mol. The van der Waals surface area contributed by atoms with Crippen LogP contribution in [-0.2, 0) is 23.6 Å². The zero-order chi connectivity index (χ0) is 18.8. The van der Waals surface area contributed by atoms with Gasteiger partial charge in [0.1, 0.15) is 0 Å². The first-order valence-corrected chi connectivity index (χ1v) is 8.16. The highest BCUT2D eigenvalue weighted by atomic mass is 19.4. The van der Waals surface area contributed by atoms with Gasteiger partial charge in [-0.05, 0) is 32.7 Å². The van der Waals surface area contributed by atoms with Gasteiger partial charge in [-0.25, -0.2) is 0 Å². The zero-order valence-electron chi connectivity index (χ0n) is 14.2. The summed E-state index contributed by atoms with van der Waals surface area (Å²) in [5.41, 5.74) is -3.71. The van der Waals surface area contributed by atoms with Gasteiger partial charge in [0.05, 0.1) is 11.1 Å². The number of hydrogen-bond donors (Lipinski definition) is 1. The molecule has 1 saturated heterocycles. The van der Waals surface area contributed by atoms with Crippen LogP contribution in [0.3, 0.4) is 0 Å². The van der Waals surface area contributed by atoms with E-state index in [1.54, 1.807) is 0 Å². The normalized spacial score (nSPS) is 19.4. The van der Waals surface area contributed by atoms with Gasteiger partial charge >= 0.3 is 12.4 Å². The molecule has 1 aliphatic heterocycles. The molecule has 9 heteroatoms. The topological polar surface area (TPSA) is 26.2 Å². The summed E-state index contributed by atoms with van der Waals surface area (Å²) in [6.45, 7) is 2.35. The molecule has 3 nitrogen and oxygen atoms in total. The van der Waals surface area contributed by atoms with Gasteiger partial charge in [0.15, 0.2) is 0 Å². The minimum absolute atomic E-state index is 0.0602. The molecule has 1 atom stereocenters. The number of alkyl halides is 6. The van der Waals surface area contributed by atoms with Gasteiger partial charge in [0, 0.05) is 44.1 Å². The number of ether oxygens (including phenoxy) is 1. The predicted octanol–water partition coefficient (Wildman–Crippen LogP) is 4.34. The standard InChI is InChI=1S/C16H22F6N2O/c1-10-12(15(17,18)19)13(16(20,21)22)14(11-5-3-6-23-9-11)24(10)7-4-8-25-2/h11,23H,3-9H2,1-2H3/t11-/m1/s1. The Morgan fingerprint density at radius 3 is 2.24 bits per heavy atom. The Kier molecular flexibility index (Phi) is 6.09. The number of aromatic nitrogens is 1. The molecule has 2 heterocycles. The van der Waals surface area contributed by atoms with Crippen LogP contribution in [0.25, 0.3) is 0 Å². The van der Waals surface area contributed by atoms with Gasteiger partial charge in [-0.15, -0.1) is 0 Å². The largest absolute Gasteiger partial charge is 0.418 e. The Morgan fingerprint density at radius 2 is 1.76 bits per heavy atom. The van der Waals surface area contributed by atoms with Crippen LogP contribution < -0.4 is 5.32 Å².